The van der Waals surface area contributed by atoms with Crippen LogP contribution in [0, 0.1) is 21.4 Å². The van der Waals surface area contributed by atoms with E-state index in [1.165, 1.54) is 30.3 Å². The Morgan fingerprint density at radius 3 is 2.65 bits per heavy atom. The Morgan fingerprint density at radius 2 is 2.00 bits per heavy atom. The van der Waals surface area contributed by atoms with Crippen molar-refractivity contribution in [3.8, 4) is 28.9 Å². The third kappa shape index (κ3) is 5.07. The van der Waals surface area contributed by atoms with Gasteiger partial charge in [-0.2, -0.15) is 5.26 Å². The smallest absolute Gasteiger partial charge is 0.311 e. The lowest BCUT2D eigenvalue weighted by Crippen LogP contribution is -2.23. The molecule has 0 unspecified atom stereocenters. The Hall–Kier alpha value is -4.58. The van der Waals surface area contributed by atoms with Gasteiger partial charge in [0.05, 0.1) is 12.0 Å². The minimum absolute atomic E-state index is 0.161. The second kappa shape index (κ2) is 9.28. The summed E-state index contributed by atoms with van der Waals surface area (Å²) in [6, 6.07) is 15.9. The highest BCUT2D eigenvalue weighted by atomic mass is 16.6. The lowest BCUT2D eigenvalue weighted by atomic mass is 10.1. The Kier molecular flexibility index (Phi) is 6.33. The van der Waals surface area contributed by atoms with Gasteiger partial charge in [-0.15, -0.1) is 0 Å². The van der Waals surface area contributed by atoms with E-state index >= 15 is 0 Å². The van der Waals surface area contributed by atoms with E-state index < -0.39 is 22.3 Å². The SMILES string of the molecule is COc1ccc(CNC(=O)/C(C#N)=C/c2ccc(-c3ccc(O)c([N+](=O)[O-])c3)o2)cc1. The van der Waals surface area contributed by atoms with Crippen LogP contribution in [0.1, 0.15) is 11.3 Å². The monoisotopic (exact) mass is 419 g/mol. The Morgan fingerprint density at radius 1 is 1.26 bits per heavy atom. The number of ether oxygens (including phenoxy) is 1. The minimum Gasteiger partial charge on any atom is -0.502 e. The van der Waals surface area contributed by atoms with E-state index in [0.717, 1.165) is 5.56 Å². The number of phenols is 1. The third-order valence-corrected chi connectivity index (χ3v) is 4.35. The molecule has 1 heterocycles. The molecule has 2 aromatic carbocycles. The Labute approximate surface area is 177 Å². The van der Waals surface area contributed by atoms with Gasteiger partial charge in [-0.3, -0.25) is 14.9 Å². The number of nitrogens with zero attached hydrogens (tertiary/aromatic N) is 2. The molecule has 0 fully saturated rings. The number of phenolic OH excluding ortho intramolecular Hbond substituents is 1. The van der Waals surface area contributed by atoms with Gasteiger partial charge in [0.25, 0.3) is 5.91 Å². The highest BCUT2D eigenvalue weighted by Gasteiger charge is 2.16. The maximum absolute atomic E-state index is 12.3. The molecule has 9 heteroatoms. The lowest BCUT2D eigenvalue weighted by Gasteiger charge is -2.05. The molecule has 0 saturated heterocycles. The summed E-state index contributed by atoms with van der Waals surface area (Å²) in [5.41, 5.74) is 0.583. The second-order valence-electron chi connectivity index (χ2n) is 6.36. The predicted octanol–water partition coefficient (Wildman–Crippen LogP) is 3.79. The molecule has 1 amide bonds. The summed E-state index contributed by atoms with van der Waals surface area (Å²) < 4.78 is 10.7. The average Bonchev–Trinajstić information content (AvgIpc) is 3.25. The van der Waals surface area contributed by atoms with Crippen LogP contribution >= 0.6 is 0 Å². The maximum atomic E-state index is 12.3. The summed E-state index contributed by atoms with van der Waals surface area (Å²) in [5, 5.41) is 32.5. The molecule has 2 N–H and O–H groups in total. The maximum Gasteiger partial charge on any atom is 0.311 e. The number of benzene rings is 2. The van der Waals surface area contributed by atoms with Crippen molar-refractivity contribution in [2.24, 2.45) is 0 Å². The number of furan rings is 1. The summed E-state index contributed by atoms with van der Waals surface area (Å²) in [5.74, 6) is 0.171. The van der Waals surface area contributed by atoms with E-state index in [-0.39, 0.29) is 23.6 Å². The van der Waals surface area contributed by atoms with Crippen LogP contribution in [0.3, 0.4) is 0 Å². The zero-order chi connectivity index (χ0) is 22.4. The highest BCUT2D eigenvalue weighted by molar-refractivity contribution is 6.01. The van der Waals surface area contributed by atoms with Gasteiger partial charge in [-0.1, -0.05) is 12.1 Å². The number of rotatable bonds is 7. The normalized spacial score (nSPS) is 10.9. The predicted molar refractivity (Wildman–Crippen MR) is 111 cm³/mol. The number of hydrogen-bond donors (Lipinski definition) is 2. The van der Waals surface area contributed by atoms with Gasteiger partial charge in [-0.05, 0) is 42.0 Å². The fraction of sp³-hybridized carbons (Fsp3) is 0.0909. The van der Waals surface area contributed by atoms with Crippen molar-refractivity contribution in [2.45, 2.75) is 6.54 Å². The van der Waals surface area contributed by atoms with Crippen LogP contribution in [0.15, 0.2) is 64.6 Å². The molecule has 3 aromatic rings. The third-order valence-electron chi connectivity index (χ3n) is 4.35. The number of aromatic hydroxyl groups is 1. The van der Waals surface area contributed by atoms with Crippen molar-refractivity contribution in [3.05, 3.63) is 81.6 Å². The van der Waals surface area contributed by atoms with Crippen LogP contribution < -0.4 is 10.1 Å². The first-order valence-corrected chi connectivity index (χ1v) is 9.02. The summed E-state index contributed by atoms with van der Waals surface area (Å²) in [4.78, 5) is 22.6. The molecule has 9 nitrogen and oxygen atoms in total. The fourth-order valence-corrected chi connectivity index (χ4v) is 2.72. The summed E-state index contributed by atoms with van der Waals surface area (Å²) in [6.45, 7) is 0.225. The van der Waals surface area contributed by atoms with Crippen molar-refractivity contribution in [2.75, 3.05) is 7.11 Å². The molecule has 0 saturated carbocycles. The van der Waals surface area contributed by atoms with Gasteiger partial charge in [-0.25, -0.2) is 0 Å². The molecule has 0 bridgehead atoms. The van der Waals surface area contributed by atoms with Crippen LogP contribution in [0.25, 0.3) is 17.4 Å². The largest absolute Gasteiger partial charge is 0.502 e. The van der Waals surface area contributed by atoms with E-state index in [9.17, 15) is 25.3 Å². The summed E-state index contributed by atoms with van der Waals surface area (Å²) >= 11 is 0. The number of nitro benzene ring substituents is 1. The first-order valence-electron chi connectivity index (χ1n) is 9.02. The van der Waals surface area contributed by atoms with Gasteiger partial charge in [0.15, 0.2) is 5.75 Å². The van der Waals surface area contributed by atoms with Crippen molar-refractivity contribution in [3.63, 3.8) is 0 Å². The van der Waals surface area contributed by atoms with Crippen molar-refractivity contribution in [1.29, 1.82) is 5.26 Å². The summed E-state index contributed by atoms with van der Waals surface area (Å²) in [6.07, 6.45) is 1.28. The molecule has 3 rings (SSSR count). The summed E-state index contributed by atoms with van der Waals surface area (Å²) in [7, 11) is 1.56. The zero-order valence-electron chi connectivity index (χ0n) is 16.4. The molecular weight excluding hydrogens is 402 g/mol. The van der Waals surface area contributed by atoms with Crippen LogP contribution in [-0.2, 0) is 11.3 Å². The quantitative estimate of drug-likeness (QED) is 0.257. The van der Waals surface area contributed by atoms with E-state index in [4.69, 9.17) is 9.15 Å². The minimum atomic E-state index is -0.705. The van der Waals surface area contributed by atoms with E-state index in [2.05, 4.69) is 5.32 Å². The first kappa shape index (κ1) is 21.1. The molecule has 0 radical (unpaired) electrons. The molecule has 0 aliphatic carbocycles. The van der Waals surface area contributed by atoms with Gasteiger partial charge in [0.1, 0.15) is 28.9 Å². The van der Waals surface area contributed by atoms with Gasteiger partial charge < -0.3 is 19.6 Å². The van der Waals surface area contributed by atoms with Crippen molar-refractivity contribution in [1.82, 2.24) is 5.32 Å². The number of hydrogen-bond acceptors (Lipinski definition) is 7. The van der Waals surface area contributed by atoms with Gasteiger partial charge >= 0.3 is 5.69 Å². The highest BCUT2D eigenvalue weighted by Crippen LogP contribution is 2.32. The van der Waals surface area contributed by atoms with Crippen LogP contribution in [-0.4, -0.2) is 23.0 Å². The van der Waals surface area contributed by atoms with E-state index in [1.807, 2.05) is 6.07 Å². The Balaban J connectivity index is 1.73. The molecule has 0 aliphatic rings. The van der Waals surface area contributed by atoms with E-state index in [1.54, 1.807) is 37.4 Å². The second-order valence-corrected chi connectivity index (χ2v) is 6.36. The molecule has 1 aromatic heterocycles. The molecule has 0 atom stereocenters. The van der Waals surface area contributed by atoms with Crippen molar-refractivity contribution >= 4 is 17.7 Å². The van der Waals surface area contributed by atoms with Gasteiger partial charge in [0, 0.05) is 24.3 Å². The van der Waals surface area contributed by atoms with Crippen LogP contribution in [0.4, 0.5) is 5.69 Å². The zero-order valence-corrected chi connectivity index (χ0v) is 16.4. The topological polar surface area (TPSA) is 139 Å². The van der Waals surface area contributed by atoms with Crippen LogP contribution in [0.2, 0.25) is 0 Å². The number of amides is 1. The molecule has 31 heavy (non-hydrogen) atoms. The van der Waals surface area contributed by atoms with Gasteiger partial charge in [0.2, 0.25) is 0 Å². The number of nitro groups is 1. The average molecular weight is 419 g/mol. The standard InChI is InChI=1S/C22H17N3O6/c1-30-17-5-2-14(3-6-17)13-24-22(27)16(12-23)10-18-7-9-21(31-18)15-4-8-20(26)19(11-15)25(28)29/h2-11,26H,13H2,1H3,(H,24,27)/b16-10+. The van der Waals surface area contributed by atoms with E-state index in [0.29, 0.717) is 11.3 Å². The fourth-order valence-electron chi connectivity index (χ4n) is 2.72. The lowest BCUT2D eigenvalue weighted by molar-refractivity contribution is -0.385. The first-order chi connectivity index (χ1) is 14.9. The molecule has 0 spiro atoms. The number of carbonyl (C=O) groups is 1. The number of nitrogens with one attached hydrogen (secondary N) is 1. The molecule has 0 aliphatic heterocycles. The number of nitriles is 1. The van der Waals surface area contributed by atoms with Crippen LogP contribution in [0.5, 0.6) is 11.5 Å². The number of carbonyl (C=O) groups excluding carboxylic acids is 1. The molecule has 156 valence electrons. The Bertz CT molecular complexity index is 1190. The number of methoxy groups -OCH3 is 1. The van der Waals surface area contributed by atoms with Crippen molar-refractivity contribution < 1.29 is 24.0 Å². The molecular formula is C22H17N3O6.